The summed E-state index contributed by atoms with van der Waals surface area (Å²) in [6.07, 6.45) is 0. The number of aromatic nitrogens is 2. The van der Waals surface area contributed by atoms with E-state index in [0.717, 1.165) is 45.3 Å². The van der Waals surface area contributed by atoms with Gasteiger partial charge in [-0.1, -0.05) is 340 Å². The smallest absolute Gasteiger partial charge is 0.252 e. The maximum absolute atomic E-state index is 2.75. The first-order chi connectivity index (χ1) is 52.5. The molecule has 0 unspecified atom stereocenters. The van der Waals surface area contributed by atoms with Crippen LogP contribution < -0.4 is 26.2 Å². The van der Waals surface area contributed by atoms with Gasteiger partial charge in [0.2, 0.25) is 0 Å². The molecule has 0 fully saturated rings. The van der Waals surface area contributed by atoms with Gasteiger partial charge < -0.3 is 18.9 Å². The lowest BCUT2D eigenvalue weighted by Crippen LogP contribution is -2.61. The molecule has 0 amide bonds. The van der Waals surface area contributed by atoms with Crippen molar-refractivity contribution < 1.29 is 0 Å². The fourth-order valence-corrected chi connectivity index (χ4v) is 18.4. The van der Waals surface area contributed by atoms with Crippen molar-refractivity contribution in [1.82, 2.24) is 9.13 Å². The van der Waals surface area contributed by atoms with Crippen LogP contribution in [-0.2, 0) is 37.9 Å². The molecule has 2 aliphatic heterocycles. The molecule has 4 nitrogen and oxygen atoms in total. The Kier molecular flexibility index (Phi) is 17.0. The van der Waals surface area contributed by atoms with Crippen molar-refractivity contribution in [2.45, 2.75) is 183 Å². The van der Waals surface area contributed by atoms with E-state index >= 15 is 0 Å². The summed E-state index contributed by atoms with van der Waals surface area (Å²) in [4.78, 5) is 5.50. The molecule has 13 aromatic carbocycles. The van der Waals surface area contributed by atoms with Gasteiger partial charge in [-0.25, -0.2) is 0 Å². The molecular formula is C106H107BN4. The maximum atomic E-state index is 2.75. The highest BCUT2D eigenvalue weighted by atomic mass is 15.2. The summed E-state index contributed by atoms with van der Waals surface area (Å²) in [5.41, 5.74) is 35.3. The fourth-order valence-electron chi connectivity index (χ4n) is 18.4. The quantitative estimate of drug-likeness (QED) is 0.141. The molecule has 0 bridgehead atoms. The first-order valence-corrected chi connectivity index (χ1v) is 40.3. The van der Waals surface area contributed by atoms with Crippen molar-refractivity contribution in [2.24, 2.45) is 0 Å². The fraction of sp³-hybridized carbons (Fsp3) is 0.264. The van der Waals surface area contributed by atoms with Crippen molar-refractivity contribution in [3.63, 3.8) is 0 Å². The van der Waals surface area contributed by atoms with Crippen LogP contribution in [0.1, 0.15) is 184 Å². The number of hydrogen-bond acceptors (Lipinski definition) is 2. The molecular weight excluding hydrogens is 1340 g/mol. The van der Waals surface area contributed by atoms with Crippen LogP contribution in [0, 0.1) is 0 Å². The van der Waals surface area contributed by atoms with Gasteiger partial charge in [-0.3, -0.25) is 0 Å². The van der Waals surface area contributed by atoms with Crippen LogP contribution in [0.2, 0.25) is 0 Å². The van der Waals surface area contributed by atoms with Gasteiger partial charge in [0.05, 0.1) is 33.4 Å². The van der Waals surface area contributed by atoms with Crippen molar-refractivity contribution in [1.29, 1.82) is 0 Å². The Bertz CT molecular complexity index is 5700. The van der Waals surface area contributed by atoms with Crippen LogP contribution in [0.4, 0.5) is 34.1 Å². The van der Waals surface area contributed by atoms with Crippen molar-refractivity contribution in [3.8, 4) is 55.9 Å². The summed E-state index contributed by atoms with van der Waals surface area (Å²) in [5, 5.41) is 4.94. The molecule has 111 heavy (non-hydrogen) atoms. The Hall–Kier alpha value is -10.9. The third kappa shape index (κ3) is 12.4. The summed E-state index contributed by atoms with van der Waals surface area (Å²) in [6.45, 7) is 49.6. The van der Waals surface area contributed by atoms with Gasteiger partial charge in [-0.2, -0.15) is 0 Å². The monoisotopic (exact) mass is 1450 g/mol. The molecule has 5 heteroatoms. The van der Waals surface area contributed by atoms with Crippen molar-refractivity contribution in [2.75, 3.05) is 9.80 Å². The van der Waals surface area contributed by atoms with Crippen LogP contribution >= 0.6 is 0 Å². The Morgan fingerprint density at radius 2 is 0.523 bits per heavy atom. The number of rotatable bonds is 8. The zero-order valence-electron chi connectivity index (χ0n) is 69.3. The maximum Gasteiger partial charge on any atom is 0.252 e. The summed E-state index contributed by atoms with van der Waals surface area (Å²) in [5.74, 6) is 0. The molecule has 0 saturated heterocycles. The van der Waals surface area contributed by atoms with Gasteiger partial charge in [0.15, 0.2) is 0 Å². The van der Waals surface area contributed by atoms with E-state index < -0.39 is 0 Å². The number of para-hydroxylation sites is 4. The van der Waals surface area contributed by atoms with Crippen LogP contribution in [0.15, 0.2) is 267 Å². The van der Waals surface area contributed by atoms with Crippen molar-refractivity contribution >= 4 is 101 Å². The third-order valence-corrected chi connectivity index (χ3v) is 24.1. The highest BCUT2D eigenvalue weighted by Gasteiger charge is 2.46. The standard InChI is InChI=1S/C106H107BN4/c1-100(2,3)70-50-44-66(45-51-70)75-56-48-68(97-81(103(10,11)12)36-30-37-82(97)104(13,14)15)60-91(75)110-93-64-73(108-87-40-26-22-32-77(87)78-33-23-27-41-88(78)108)54-58-85(93)107-86-59-55-74(109-89-42-28-24-34-79(89)80-35-25-29-43-90(80)109)65-94(86)111(96-63-72(102(7,8)9)62-95(110)99(96)107)92-61-69(49-57-76(92)67-46-52-71(53-47-67)101(4,5)6)98-83(105(16,17)18)38-31-39-84(98)106(19,20)21/h22-65H,1-21H3. The number of fused-ring (bicyclic) bond motifs is 10. The van der Waals surface area contributed by atoms with E-state index in [1.54, 1.807) is 0 Å². The van der Waals surface area contributed by atoms with E-state index in [4.69, 9.17) is 0 Å². The topological polar surface area (TPSA) is 16.3 Å². The van der Waals surface area contributed by atoms with Gasteiger partial charge in [-0.05, 0) is 199 Å². The molecule has 2 aromatic heterocycles. The highest BCUT2D eigenvalue weighted by molar-refractivity contribution is 7.00. The number of benzene rings is 13. The zero-order chi connectivity index (χ0) is 78.1. The lowest BCUT2D eigenvalue weighted by atomic mass is 9.33. The summed E-state index contributed by atoms with van der Waals surface area (Å²) in [6, 6.07) is 104. The average molecular weight is 1450 g/mol. The molecule has 0 saturated carbocycles. The second-order valence-corrected chi connectivity index (χ2v) is 39.1. The number of hydrogen-bond donors (Lipinski definition) is 0. The van der Waals surface area contributed by atoms with Crippen LogP contribution in [0.5, 0.6) is 0 Å². The summed E-state index contributed by atoms with van der Waals surface area (Å²) in [7, 11) is 0. The first-order valence-electron chi connectivity index (χ1n) is 40.3. The zero-order valence-corrected chi connectivity index (χ0v) is 69.3. The van der Waals surface area contributed by atoms with E-state index in [1.165, 1.54) is 144 Å². The van der Waals surface area contributed by atoms with E-state index in [-0.39, 0.29) is 44.6 Å². The molecule has 15 aromatic rings. The average Bonchev–Trinajstić information content (AvgIpc) is 1.04. The molecule has 0 N–H and O–H groups in total. The van der Waals surface area contributed by atoms with Crippen LogP contribution in [-0.4, -0.2) is 15.8 Å². The minimum Gasteiger partial charge on any atom is -0.311 e. The highest BCUT2D eigenvalue weighted by Crippen LogP contribution is 2.54. The van der Waals surface area contributed by atoms with E-state index in [0.29, 0.717) is 0 Å². The molecule has 4 heterocycles. The van der Waals surface area contributed by atoms with E-state index in [1.807, 2.05) is 0 Å². The predicted molar refractivity (Wildman–Crippen MR) is 482 cm³/mol. The number of nitrogens with zero attached hydrogens (tertiary/aromatic N) is 4. The second kappa shape index (κ2) is 25.9. The lowest BCUT2D eigenvalue weighted by Gasteiger charge is -2.46. The van der Waals surface area contributed by atoms with Gasteiger partial charge in [-0.15, -0.1) is 0 Å². The van der Waals surface area contributed by atoms with Gasteiger partial charge >= 0.3 is 0 Å². The van der Waals surface area contributed by atoms with Crippen molar-refractivity contribution in [3.05, 3.63) is 306 Å². The SMILES string of the molecule is CC(C)(C)c1ccc(-c2ccc(-c3c(C(C)(C)C)cccc3C(C)(C)C)cc2N2c3cc(-n4c5ccccc5c5ccccc54)ccc3B3c4ccc(-n5c6ccccc6c6ccccc65)cc4N(c4cc(-c5c(C(C)(C)C)cccc5C(C)(C)C)ccc4-c4ccc(C(C)(C)C)cc4)c4cc(C(C)(C)C)cc2c43)cc1. The normalized spacial score (nSPS) is 13.6. The molecule has 554 valence electrons. The first kappa shape index (κ1) is 73.0. The third-order valence-electron chi connectivity index (χ3n) is 24.1. The van der Waals surface area contributed by atoms with Crippen LogP contribution in [0.25, 0.3) is 99.5 Å². The Balaban J connectivity index is 1.06. The summed E-state index contributed by atoms with van der Waals surface area (Å²) >= 11 is 0. The lowest BCUT2D eigenvalue weighted by molar-refractivity contribution is 0.571. The Labute approximate surface area is 660 Å². The minimum atomic E-state index is -0.337. The van der Waals surface area contributed by atoms with Gasteiger partial charge in [0.25, 0.3) is 6.71 Å². The van der Waals surface area contributed by atoms with E-state index in [2.05, 4.69) is 431 Å². The largest absolute Gasteiger partial charge is 0.311 e. The van der Waals surface area contributed by atoms with Crippen LogP contribution in [0.3, 0.4) is 0 Å². The minimum absolute atomic E-state index is 0.0474. The number of anilines is 6. The predicted octanol–water partition coefficient (Wildman–Crippen LogP) is 27.7. The molecule has 0 spiro atoms. The Morgan fingerprint density at radius 3 is 0.820 bits per heavy atom. The molecule has 0 aliphatic carbocycles. The van der Waals surface area contributed by atoms with Gasteiger partial charge in [0, 0.05) is 66.8 Å². The molecule has 17 rings (SSSR count). The van der Waals surface area contributed by atoms with Gasteiger partial charge in [0.1, 0.15) is 0 Å². The second-order valence-electron chi connectivity index (χ2n) is 39.1. The Morgan fingerprint density at radius 1 is 0.225 bits per heavy atom. The molecule has 0 radical (unpaired) electrons. The molecule has 2 aliphatic rings. The summed E-state index contributed by atoms with van der Waals surface area (Å²) < 4.78 is 5.04. The molecule has 0 atom stereocenters. The van der Waals surface area contributed by atoms with E-state index in [9.17, 15) is 0 Å².